The van der Waals surface area contributed by atoms with Crippen LogP contribution in [0.15, 0.2) is 30.3 Å². The van der Waals surface area contributed by atoms with E-state index in [4.69, 9.17) is 5.73 Å². The first-order valence-corrected chi connectivity index (χ1v) is 6.39. The third kappa shape index (κ3) is 2.53. The Labute approximate surface area is 114 Å². The van der Waals surface area contributed by atoms with E-state index in [0.29, 0.717) is 11.3 Å². The average molecular weight is 253 g/mol. The van der Waals surface area contributed by atoms with Crippen molar-refractivity contribution in [3.8, 4) is 0 Å². The number of benzene rings is 2. The standard InChI is InChI=1S/C17H19NO/c1-10-5-6-11(2)14(7-10)17(19)15-9-16(18)13(4)8-12(15)3/h5-9H,18H2,1-4H3. The molecule has 0 amide bonds. The molecule has 0 aliphatic carbocycles. The SMILES string of the molecule is Cc1ccc(C)c(C(=O)c2cc(N)c(C)cc2C)c1. The minimum atomic E-state index is 0.0467. The highest BCUT2D eigenvalue weighted by molar-refractivity contribution is 6.11. The lowest BCUT2D eigenvalue weighted by Crippen LogP contribution is -2.07. The summed E-state index contributed by atoms with van der Waals surface area (Å²) in [4.78, 5) is 12.6. The van der Waals surface area contributed by atoms with Crippen LogP contribution in [0.4, 0.5) is 5.69 Å². The Hall–Kier alpha value is -2.09. The molecule has 0 aliphatic heterocycles. The molecule has 0 unspecified atom stereocenters. The Bertz CT molecular complexity index is 657. The quantitative estimate of drug-likeness (QED) is 0.654. The van der Waals surface area contributed by atoms with Crippen molar-refractivity contribution in [2.24, 2.45) is 0 Å². The number of rotatable bonds is 2. The van der Waals surface area contributed by atoms with Gasteiger partial charge in [0.2, 0.25) is 0 Å². The van der Waals surface area contributed by atoms with Crippen LogP contribution in [0.25, 0.3) is 0 Å². The third-order valence-corrected chi connectivity index (χ3v) is 3.50. The zero-order chi connectivity index (χ0) is 14.2. The molecule has 2 nitrogen and oxygen atoms in total. The topological polar surface area (TPSA) is 43.1 Å². The smallest absolute Gasteiger partial charge is 0.193 e. The Morgan fingerprint density at radius 1 is 0.842 bits per heavy atom. The second-order valence-electron chi connectivity index (χ2n) is 5.17. The first-order valence-electron chi connectivity index (χ1n) is 6.39. The van der Waals surface area contributed by atoms with E-state index in [1.54, 1.807) is 6.07 Å². The second kappa shape index (κ2) is 4.88. The largest absolute Gasteiger partial charge is 0.398 e. The summed E-state index contributed by atoms with van der Waals surface area (Å²) in [6.07, 6.45) is 0. The molecule has 0 radical (unpaired) electrons. The summed E-state index contributed by atoms with van der Waals surface area (Å²) in [6.45, 7) is 7.85. The molecular weight excluding hydrogens is 234 g/mol. The molecule has 0 bridgehead atoms. The number of ketones is 1. The lowest BCUT2D eigenvalue weighted by Gasteiger charge is -2.11. The van der Waals surface area contributed by atoms with Crippen LogP contribution >= 0.6 is 0 Å². The maximum absolute atomic E-state index is 12.6. The molecule has 0 saturated carbocycles. The molecule has 98 valence electrons. The van der Waals surface area contributed by atoms with Crippen LogP contribution in [0.5, 0.6) is 0 Å². The van der Waals surface area contributed by atoms with Crippen LogP contribution in [-0.4, -0.2) is 5.78 Å². The normalized spacial score (nSPS) is 10.5. The molecule has 0 aliphatic rings. The van der Waals surface area contributed by atoms with E-state index in [0.717, 1.165) is 27.8 Å². The van der Waals surface area contributed by atoms with Crippen LogP contribution in [0.1, 0.15) is 38.2 Å². The number of hydrogen-bond donors (Lipinski definition) is 1. The van der Waals surface area contributed by atoms with Crippen molar-refractivity contribution in [3.63, 3.8) is 0 Å². The molecule has 0 saturated heterocycles. The van der Waals surface area contributed by atoms with Crippen molar-refractivity contribution in [2.45, 2.75) is 27.7 Å². The number of anilines is 1. The molecule has 2 aromatic carbocycles. The maximum atomic E-state index is 12.6. The molecule has 0 aromatic heterocycles. The van der Waals surface area contributed by atoms with Crippen molar-refractivity contribution in [1.82, 2.24) is 0 Å². The van der Waals surface area contributed by atoms with Gasteiger partial charge in [-0.1, -0.05) is 23.8 Å². The van der Waals surface area contributed by atoms with Gasteiger partial charge in [0.25, 0.3) is 0 Å². The lowest BCUT2D eigenvalue weighted by molar-refractivity contribution is 0.103. The number of hydrogen-bond acceptors (Lipinski definition) is 2. The van der Waals surface area contributed by atoms with E-state index < -0.39 is 0 Å². The lowest BCUT2D eigenvalue weighted by atomic mass is 9.93. The van der Waals surface area contributed by atoms with E-state index >= 15 is 0 Å². The van der Waals surface area contributed by atoms with E-state index in [2.05, 4.69) is 0 Å². The van der Waals surface area contributed by atoms with Gasteiger partial charge in [-0.05, 0) is 56.5 Å². The zero-order valence-corrected chi connectivity index (χ0v) is 11.9. The van der Waals surface area contributed by atoms with Crippen molar-refractivity contribution >= 4 is 11.5 Å². The van der Waals surface area contributed by atoms with E-state index in [1.165, 1.54) is 0 Å². The number of nitrogen functional groups attached to an aromatic ring is 1. The molecule has 0 heterocycles. The molecule has 0 spiro atoms. The highest BCUT2D eigenvalue weighted by Gasteiger charge is 2.15. The minimum Gasteiger partial charge on any atom is -0.398 e. The van der Waals surface area contributed by atoms with Gasteiger partial charge in [0, 0.05) is 16.8 Å². The van der Waals surface area contributed by atoms with Gasteiger partial charge in [0.05, 0.1) is 0 Å². The summed E-state index contributed by atoms with van der Waals surface area (Å²) in [5.41, 5.74) is 12.1. The zero-order valence-electron chi connectivity index (χ0n) is 11.9. The molecule has 2 N–H and O–H groups in total. The first-order chi connectivity index (χ1) is 8.90. The monoisotopic (exact) mass is 253 g/mol. The van der Waals surface area contributed by atoms with Gasteiger partial charge in [-0.3, -0.25) is 4.79 Å². The first kappa shape index (κ1) is 13.3. The van der Waals surface area contributed by atoms with Crippen LogP contribution < -0.4 is 5.73 Å². The van der Waals surface area contributed by atoms with Crippen LogP contribution in [0, 0.1) is 27.7 Å². The molecular formula is C17H19NO. The predicted molar refractivity (Wildman–Crippen MR) is 79.7 cm³/mol. The van der Waals surface area contributed by atoms with Crippen molar-refractivity contribution < 1.29 is 4.79 Å². The number of nitrogens with two attached hydrogens (primary N) is 1. The van der Waals surface area contributed by atoms with E-state index in [9.17, 15) is 4.79 Å². The van der Waals surface area contributed by atoms with E-state index in [-0.39, 0.29) is 5.78 Å². The summed E-state index contributed by atoms with van der Waals surface area (Å²) in [7, 11) is 0. The Kier molecular flexibility index (Phi) is 3.43. The summed E-state index contributed by atoms with van der Waals surface area (Å²) in [5, 5.41) is 0. The van der Waals surface area contributed by atoms with Gasteiger partial charge in [-0.15, -0.1) is 0 Å². The van der Waals surface area contributed by atoms with Crippen molar-refractivity contribution in [3.05, 3.63) is 63.7 Å². The highest BCUT2D eigenvalue weighted by atomic mass is 16.1. The van der Waals surface area contributed by atoms with Crippen LogP contribution in [-0.2, 0) is 0 Å². The summed E-state index contributed by atoms with van der Waals surface area (Å²) in [5.74, 6) is 0.0467. The fraction of sp³-hybridized carbons (Fsp3) is 0.235. The van der Waals surface area contributed by atoms with E-state index in [1.807, 2.05) is 52.0 Å². The number of aryl methyl sites for hydroxylation is 4. The third-order valence-electron chi connectivity index (χ3n) is 3.50. The molecule has 0 fully saturated rings. The number of carbonyl (C=O) groups excluding carboxylic acids is 1. The Morgan fingerprint density at radius 2 is 1.47 bits per heavy atom. The van der Waals surface area contributed by atoms with Gasteiger partial charge in [-0.2, -0.15) is 0 Å². The molecule has 2 rings (SSSR count). The van der Waals surface area contributed by atoms with Gasteiger partial charge >= 0.3 is 0 Å². The van der Waals surface area contributed by atoms with Crippen molar-refractivity contribution in [1.29, 1.82) is 0 Å². The van der Waals surface area contributed by atoms with Crippen molar-refractivity contribution in [2.75, 3.05) is 5.73 Å². The summed E-state index contributed by atoms with van der Waals surface area (Å²) >= 11 is 0. The van der Waals surface area contributed by atoms with Crippen LogP contribution in [0.2, 0.25) is 0 Å². The fourth-order valence-corrected chi connectivity index (χ4v) is 2.24. The van der Waals surface area contributed by atoms with Gasteiger partial charge in [0.1, 0.15) is 0 Å². The molecule has 2 heteroatoms. The molecule has 19 heavy (non-hydrogen) atoms. The Balaban J connectivity index is 2.56. The predicted octanol–water partition coefficient (Wildman–Crippen LogP) is 3.73. The highest BCUT2D eigenvalue weighted by Crippen LogP contribution is 2.22. The number of carbonyl (C=O) groups is 1. The second-order valence-corrected chi connectivity index (χ2v) is 5.17. The average Bonchev–Trinajstić information content (AvgIpc) is 2.36. The Morgan fingerprint density at radius 3 is 2.16 bits per heavy atom. The maximum Gasteiger partial charge on any atom is 0.193 e. The van der Waals surface area contributed by atoms with Gasteiger partial charge in [0.15, 0.2) is 5.78 Å². The molecule has 2 aromatic rings. The summed E-state index contributed by atoms with van der Waals surface area (Å²) in [6, 6.07) is 9.69. The fourth-order valence-electron chi connectivity index (χ4n) is 2.24. The minimum absolute atomic E-state index is 0.0467. The van der Waals surface area contributed by atoms with Gasteiger partial charge < -0.3 is 5.73 Å². The van der Waals surface area contributed by atoms with Gasteiger partial charge in [-0.25, -0.2) is 0 Å². The van der Waals surface area contributed by atoms with Crippen LogP contribution in [0.3, 0.4) is 0 Å². The molecule has 0 atom stereocenters. The summed E-state index contributed by atoms with van der Waals surface area (Å²) < 4.78 is 0.